The van der Waals surface area contributed by atoms with Crippen molar-refractivity contribution in [2.24, 2.45) is 0 Å². The number of aromatic carboxylic acids is 1. The van der Waals surface area contributed by atoms with Crippen LogP contribution < -0.4 is 0 Å². The summed E-state index contributed by atoms with van der Waals surface area (Å²) in [6.07, 6.45) is 0. The number of carboxylic acids is 1. The van der Waals surface area contributed by atoms with Gasteiger partial charge >= 0.3 is 5.97 Å². The van der Waals surface area contributed by atoms with Gasteiger partial charge in [0.2, 0.25) is 0 Å². The van der Waals surface area contributed by atoms with E-state index in [1.807, 2.05) is 0 Å². The fraction of sp³-hybridized carbons (Fsp3) is 0.500. The molecule has 0 saturated heterocycles. The van der Waals surface area contributed by atoms with Crippen LogP contribution in [0.1, 0.15) is 52.6 Å². The molecule has 5 nitrogen and oxygen atoms in total. The molecule has 21 heavy (non-hydrogen) atoms. The minimum Gasteiger partial charge on any atom is -0.478 e. The van der Waals surface area contributed by atoms with E-state index in [-0.39, 0.29) is 23.6 Å². The number of benzene rings is 1. The van der Waals surface area contributed by atoms with E-state index in [0.717, 1.165) is 0 Å². The Morgan fingerprint density at radius 3 is 2.00 bits per heavy atom. The van der Waals surface area contributed by atoms with Gasteiger partial charge in [-0.2, -0.15) is 0 Å². The average molecular weight is 293 g/mol. The highest BCUT2D eigenvalue weighted by atomic mass is 16.4. The van der Waals surface area contributed by atoms with Crippen molar-refractivity contribution in [1.82, 2.24) is 4.90 Å². The first-order valence-corrected chi connectivity index (χ1v) is 6.93. The Hall–Kier alpha value is -1.88. The highest BCUT2D eigenvalue weighted by Crippen LogP contribution is 2.21. The lowest BCUT2D eigenvalue weighted by Crippen LogP contribution is -2.42. The summed E-state index contributed by atoms with van der Waals surface area (Å²) < 4.78 is 0. The Bertz CT molecular complexity index is 558. The molecular weight excluding hydrogens is 270 g/mol. The Balaban J connectivity index is 3.35. The van der Waals surface area contributed by atoms with Crippen molar-refractivity contribution >= 4 is 11.9 Å². The van der Waals surface area contributed by atoms with Crippen LogP contribution in [0.3, 0.4) is 0 Å². The normalized spacial score (nSPS) is 11.3. The lowest BCUT2D eigenvalue weighted by molar-refractivity contribution is 0.0312. The van der Waals surface area contributed by atoms with Gasteiger partial charge in [-0.15, -0.1) is 0 Å². The van der Waals surface area contributed by atoms with Crippen molar-refractivity contribution in [3.63, 3.8) is 0 Å². The van der Waals surface area contributed by atoms with E-state index in [4.69, 9.17) is 0 Å². The first-order valence-electron chi connectivity index (χ1n) is 6.93. The molecule has 0 bridgehead atoms. The first-order chi connectivity index (χ1) is 9.58. The number of nitrogens with zero attached hydrogens (tertiary/aromatic N) is 1. The zero-order chi connectivity index (χ0) is 16.4. The summed E-state index contributed by atoms with van der Waals surface area (Å²) in [6.45, 7) is 8.97. The summed E-state index contributed by atoms with van der Waals surface area (Å²) in [5, 5.41) is 19.3. The molecule has 0 aliphatic carbocycles. The fourth-order valence-corrected chi connectivity index (χ4v) is 2.31. The number of hydrogen-bond donors (Lipinski definition) is 2. The van der Waals surface area contributed by atoms with Crippen molar-refractivity contribution in [3.05, 3.63) is 34.4 Å². The number of hydrogen-bond acceptors (Lipinski definition) is 3. The molecule has 1 rings (SSSR count). The van der Waals surface area contributed by atoms with E-state index in [2.05, 4.69) is 0 Å². The molecule has 5 heteroatoms. The molecule has 0 heterocycles. The minimum atomic E-state index is -1.11. The topological polar surface area (TPSA) is 77.8 Å². The first kappa shape index (κ1) is 17.2. The van der Waals surface area contributed by atoms with Crippen LogP contribution in [0.4, 0.5) is 0 Å². The number of amides is 1. The van der Waals surface area contributed by atoms with Crippen LogP contribution in [0.2, 0.25) is 0 Å². The molecule has 116 valence electrons. The third kappa shape index (κ3) is 4.04. The molecule has 1 amide bonds. The summed E-state index contributed by atoms with van der Waals surface area (Å²) in [5.74, 6) is -1.47. The predicted octanol–water partition coefficient (Wildman–Crippen LogP) is 2.23. The standard InChI is InChI=1S/C16H23NO4/c1-6-17(9-16(4,5)21)14(18)12-10(2)7-8-11(3)13(12)15(19)20/h7-8,21H,6,9H2,1-5H3,(H,19,20). The smallest absolute Gasteiger partial charge is 0.336 e. The molecule has 0 spiro atoms. The SMILES string of the molecule is CCN(CC(C)(C)O)C(=O)c1c(C)ccc(C)c1C(=O)O. The summed E-state index contributed by atoms with van der Waals surface area (Å²) in [5.41, 5.74) is 0.378. The van der Waals surface area contributed by atoms with E-state index in [9.17, 15) is 19.8 Å². The van der Waals surface area contributed by atoms with Crippen LogP contribution in [-0.2, 0) is 0 Å². The second-order valence-corrected chi connectivity index (χ2v) is 5.89. The Morgan fingerprint density at radius 1 is 1.14 bits per heavy atom. The number of aryl methyl sites for hydroxylation is 2. The maximum Gasteiger partial charge on any atom is 0.336 e. The molecule has 0 radical (unpaired) electrons. The van der Waals surface area contributed by atoms with Crippen LogP contribution in [0.5, 0.6) is 0 Å². The highest BCUT2D eigenvalue weighted by Gasteiger charge is 2.27. The van der Waals surface area contributed by atoms with Crippen molar-refractivity contribution in [2.75, 3.05) is 13.1 Å². The average Bonchev–Trinajstić information content (AvgIpc) is 2.36. The van der Waals surface area contributed by atoms with Crippen molar-refractivity contribution in [1.29, 1.82) is 0 Å². The largest absolute Gasteiger partial charge is 0.478 e. The van der Waals surface area contributed by atoms with Gasteiger partial charge in [0.25, 0.3) is 5.91 Å². The number of carbonyl (C=O) groups is 2. The summed E-state index contributed by atoms with van der Waals surface area (Å²) in [7, 11) is 0. The van der Waals surface area contributed by atoms with E-state index in [0.29, 0.717) is 17.7 Å². The second-order valence-electron chi connectivity index (χ2n) is 5.89. The Kier molecular flexibility index (Phi) is 5.12. The van der Waals surface area contributed by atoms with Gasteiger partial charge in [0.15, 0.2) is 0 Å². The van der Waals surface area contributed by atoms with Gasteiger partial charge in [0.05, 0.1) is 16.7 Å². The summed E-state index contributed by atoms with van der Waals surface area (Å²) >= 11 is 0. The summed E-state index contributed by atoms with van der Waals surface area (Å²) in [6, 6.07) is 3.44. The monoisotopic (exact) mass is 293 g/mol. The van der Waals surface area contributed by atoms with Gasteiger partial charge in [-0.3, -0.25) is 4.79 Å². The maximum absolute atomic E-state index is 12.7. The van der Waals surface area contributed by atoms with Crippen LogP contribution >= 0.6 is 0 Å². The van der Waals surface area contributed by atoms with Gasteiger partial charge in [-0.25, -0.2) is 4.79 Å². The van der Waals surface area contributed by atoms with E-state index in [1.165, 1.54) is 4.90 Å². The summed E-state index contributed by atoms with van der Waals surface area (Å²) in [4.78, 5) is 25.6. The molecule has 1 aromatic carbocycles. The number of carbonyl (C=O) groups excluding carboxylic acids is 1. The van der Waals surface area contributed by atoms with Crippen molar-refractivity contribution in [2.45, 2.75) is 40.2 Å². The maximum atomic E-state index is 12.7. The highest BCUT2D eigenvalue weighted by molar-refractivity contribution is 6.06. The predicted molar refractivity (Wildman–Crippen MR) is 80.8 cm³/mol. The van der Waals surface area contributed by atoms with Gasteiger partial charge in [-0.1, -0.05) is 12.1 Å². The molecule has 0 fully saturated rings. The quantitative estimate of drug-likeness (QED) is 0.872. The zero-order valence-corrected chi connectivity index (χ0v) is 13.2. The van der Waals surface area contributed by atoms with Gasteiger partial charge in [-0.05, 0) is 45.7 Å². The molecule has 0 aromatic heterocycles. The molecule has 1 aromatic rings. The lowest BCUT2D eigenvalue weighted by atomic mass is 9.95. The molecule has 0 atom stereocenters. The molecular formula is C16H23NO4. The van der Waals surface area contributed by atoms with Crippen LogP contribution in [0.15, 0.2) is 12.1 Å². The molecule has 0 saturated carbocycles. The molecule has 2 N–H and O–H groups in total. The van der Waals surface area contributed by atoms with Crippen molar-refractivity contribution in [3.8, 4) is 0 Å². The Morgan fingerprint density at radius 2 is 1.62 bits per heavy atom. The Labute approximate surface area is 125 Å². The number of rotatable bonds is 5. The molecule has 0 aliphatic heterocycles. The van der Waals surface area contributed by atoms with E-state index >= 15 is 0 Å². The third-order valence-corrected chi connectivity index (χ3v) is 3.30. The fourth-order valence-electron chi connectivity index (χ4n) is 2.31. The minimum absolute atomic E-state index is 0.0363. The van der Waals surface area contributed by atoms with Crippen molar-refractivity contribution < 1.29 is 19.8 Å². The molecule has 0 aliphatic rings. The lowest BCUT2D eigenvalue weighted by Gasteiger charge is -2.29. The van der Waals surface area contributed by atoms with E-state index in [1.54, 1.807) is 46.8 Å². The number of aliphatic hydroxyl groups is 1. The molecule has 0 unspecified atom stereocenters. The van der Waals surface area contributed by atoms with Gasteiger partial charge in [0.1, 0.15) is 0 Å². The van der Waals surface area contributed by atoms with Crippen LogP contribution in [-0.4, -0.2) is 45.7 Å². The zero-order valence-electron chi connectivity index (χ0n) is 13.2. The van der Waals surface area contributed by atoms with Crippen LogP contribution in [0, 0.1) is 13.8 Å². The van der Waals surface area contributed by atoms with E-state index < -0.39 is 11.6 Å². The van der Waals surface area contributed by atoms with Crippen LogP contribution in [0.25, 0.3) is 0 Å². The number of carboxylic acid groups (broad SMARTS) is 1. The second kappa shape index (κ2) is 6.26. The van der Waals surface area contributed by atoms with Gasteiger partial charge in [0, 0.05) is 13.1 Å². The number of likely N-dealkylation sites (N-methyl/N-ethyl adjacent to an activating group) is 1. The van der Waals surface area contributed by atoms with Gasteiger partial charge < -0.3 is 15.1 Å². The third-order valence-electron chi connectivity index (χ3n) is 3.30.